The van der Waals surface area contributed by atoms with Crippen molar-refractivity contribution in [2.45, 2.75) is 26.6 Å². The van der Waals surface area contributed by atoms with Crippen LogP contribution in [-0.2, 0) is 17.5 Å². The molecule has 0 fully saturated rings. The lowest BCUT2D eigenvalue weighted by Gasteiger charge is -2.20. The van der Waals surface area contributed by atoms with Crippen LogP contribution in [0.25, 0.3) is 0 Å². The average Bonchev–Trinajstić information content (AvgIpc) is 2.82. The Balaban J connectivity index is 2.55. The zero-order chi connectivity index (χ0) is 17.6. The van der Waals surface area contributed by atoms with Gasteiger partial charge in [-0.15, -0.1) is 0 Å². The van der Waals surface area contributed by atoms with E-state index in [4.69, 9.17) is 4.74 Å². The Bertz CT molecular complexity index is 517. The highest BCUT2D eigenvalue weighted by atomic mass is 19.4. The summed E-state index contributed by atoms with van der Waals surface area (Å²) in [5, 5.41) is 6.56. The van der Waals surface area contributed by atoms with Crippen LogP contribution in [0.1, 0.15) is 18.3 Å². The van der Waals surface area contributed by atoms with Crippen molar-refractivity contribution in [1.82, 2.24) is 20.0 Å². The number of nitrogens with zero attached hydrogens (tertiary/aromatic N) is 3. The number of aromatic nitrogens is 2. The SMILES string of the molecule is COCCN(C)C(=O)NC[C@H](C)Cn1nc(C)cc1C(F)(F)F. The van der Waals surface area contributed by atoms with E-state index in [2.05, 4.69) is 10.4 Å². The molecular weight excluding hydrogens is 313 g/mol. The highest BCUT2D eigenvalue weighted by molar-refractivity contribution is 5.73. The van der Waals surface area contributed by atoms with Gasteiger partial charge in [0.15, 0.2) is 0 Å². The van der Waals surface area contributed by atoms with Gasteiger partial charge in [-0.25, -0.2) is 4.79 Å². The molecule has 0 aliphatic heterocycles. The number of hydrogen-bond donors (Lipinski definition) is 1. The van der Waals surface area contributed by atoms with Crippen LogP contribution in [0.5, 0.6) is 0 Å². The van der Waals surface area contributed by atoms with Crippen molar-refractivity contribution in [3.8, 4) is 0 Å². The molecule has 0 saturated heterocycles. The number of aryl methyl sites for hydroxylation is 1. The Morgan fingerprint density at radius 1 is 1.52 bits per heavy atom. The van der Waals surface area contributed by atoms with Crippen LogP contribution in [0.2, 0.25) is 0 Å². The molecule has 6 nitrogen and oxygen atoms in total. The number of hydrogen-bond acceptors (Lipinski definition) is 3. The first-order valence-electron chi connectivity index (χ1n) is 7.24. The van der Waals surface area contributed by atoms with Crippen LogP contribution in [0.15, 0.2) is 6.07 Å². The monoisotopic (exact) mass is 336 g/mol. The van der Waals surface area contributed by atoms with Gasteiger partial charge in [-0.05, 0) is 18.9 Å². The van der Waals surface area contributed by atoms with E-state index in [-0.39, 0.29) is 25.0 Å². The number of nitrogens with one attached hydrogen (secondary N) is 1. The Kier molecular flexibility index (Phi) is 6.86. The van der Waals surface area contributed by atoms with Gasteiger partial charge in [0.05, 0.1) is 12.3 Å². The summed E-state index contributed by atoms with van der Waals surface area (Å²) >= 11 is 0. The van der Waals surface area contributed by atoms with E-state index in [0.717, 1.165) is 10.7 Å². The Hall–Kier alpha value is -1.77. The molecule has 1 rings (SSSR count). The number of carbonyl (C=O) groups excluding carboxylic acids is 1. The van der Waals surface area contributed by atoms with E-state index in [9.17, 15) is 18.0 Å². The minimum atomic E-state index is -4.44. The second-order valence-corrected chi connectivity index (χ2v) is 5.56. The summed E-state index contributed by atoms with van der Waals surface area (Å²) in [6.45, 7) is 4.46. The number of halogens is 3. The summed E-state index contributed by atoms with van der Waals surface area (Å²) in [4.78, 5) is 13.2. The number of carbonyl (C=O) groups is 1. The number of methoxy groups -OCH3 is 1. The molecule has 0 radical (unpaired) electrons. The van der Waals surface area contributed by atoms with E-state index in [1.165, 1.54) is 18.9 Å². The van der Waals surface area contributed by atoms with Gasteiger partial charge in [0.2, 0.25) is 0 Å². The first-order valence-corrected chi connectivity index (χ1v) is 7.24. The van der Waals surface area contributed by atoms with E-state index in [0.29, 0.717) is 18.8 Å². The maximum atomic E-state index is 12.9. The summed E-state index contributed by atoms with van der Waals surface area (Å²) in [6, 6.07) is 0.727. The first-order chi connectivity index (χ1) is 10.6. The van der Waals surface area contributed by atoms with Gasteiger partial charge in [0.1, 0.15) is 5.69 Å². The summed E-state index contributed by atoms with van der Waals surface area (Å²) in [5.74, 6) is -0.199. The van der Waals surface area contributed by atoms with Crippen molar-refractivity contribution in [3.05, 3.63) is 17.5 Å². The van der Waals surface area contributed by atoms with Crippen molar-refractivity contribution >= 4 is 6.03 Å². The molecule has 1 aromatic rings. The third-order valence-corrected chi connectivity index (χ3v) is 3.26. The molecule has 132 valence electrons. The van der Waals surface area contributed by atoms with Crippen LogP contribution < -0.4 is 5.32 Å². The zero-order valence-corrected chi connectivity index (χ0v) is 13.8. The number of alkyl halides is 3. The average molecular weight is 336 g/mol. The van der Waals surface area contributed by atoms with Crippen molar-refractivity contribution in [2.24, 2.45) is 5.92 Å². The molecule has 0 spiro atoms. The Morgan fingerprint density at radius 2 is 2.17 bits per heavy atom. The smallest absolute Gasteiger partial charge is 0.383 e. The van der Waals surface area contributed by atoms with Crippen LogP contribution >= 0.6 is 0 Å². The predicted molar refractivity (Wildman–Crippen MR) is 79.0 cm³/mol. The fraction of sp³-hybridized carbons (Fsp3) is 0.714. The quantitative estimate of drug-likeness (QED) is 0.830. The Labute approximate surface area is 133 Å². The first kappa shape index (κ1) is 19.3. The maximum Gasteiger partial charge on any atom is 0.433 e. The molecule has 2 amide bonds. The molecular formula is C14H23F3N4O2. The van der Waals surface area contributed by atoms with Crippen LogP contribution in [-0.4, -0.2) is 54.6 Å². The van der Waals surface area contributed by atoms with Gasteiger partial charge in [0, 0.05) is 33.8 Å². The minimum absolute atomic E-state index is 0.0742. The molecule has 0 aliphatic carbocycles. The van der Waals surface area contributed by atoms with Crippen molar-refractivity contribution in [1.29, 1.82) is 0 Å². The lowest BCUT2D eigenvalue weighted by Crippen LogP contribution is -2.41. The van der Waals surface area contributed by atoms with Gasteiger partial charge in [-0.3, -0.25) is 4.68 Å². The molecule has 9 heteroatoms. The zero-order valence-electron chi connectivity index (χ0n) is 13.8. The number of amides is 2. The second-order valence-electron chi connectivity index (χ2n) is 5.56. The fourth-order valence-electron chi connectivity index (χ4n) is 2.00. The van der Waals surface area contributed by atoms with Crippen molar-refractivity contribution < 1.29 is 22.7 Å². The molecule has 0 bridgehead atoms. The second kappa shape index (κ2) is 8.19. The summed E-state index contributed by atoms with van der Waals surface area (Å²) in [6.07, 6.45) is -4.44. The summed E-state index contributed by atoms with van der Waals surface area (Å²) < 4.78 is 44.5. The molecule has 0 aromatic carbocycles. The number of urea groups is 1. The third kappa shape index (κ3) is 6.09. The molecule has 0 aliphatic rings. The van der Waals surface area contributed by atoms with Crippen LogP contribution in [0.3, 0.4) is 0 Å². The van der Waals surface area contributed by atoms with Gasteiger partial charge in [0.25, 0.3) is 0 Å². The van der Waals surface area contributed by atoms with E-state index < -0.39 is 11.9 Å². The molecule has 0 saturated carbocycles. The summed E-state index contributed by atoms with van der Waals surface area (Å²) in [7, 11) is 3.16. The Morgan fingerprint density at radius 3 is 2.74 bits per heavy atom. The van der Waals surface area contributed by atoms with E-state index in [1.807, 2.05) is 0 Å². The van der Waals surface area contributed by atoms with Gasteiger partial charge < -0.3 is 15.0 Å². The molecule has 1 N–H and O–H groups in total. The normalized spacial score (nSPS) is 13.0. The van der Waals surface area contributed by atoms with E-state index >= 15 is 0 Å². The molecule has 1 heterocycles. The van der Waals surface area contributed by atoms with Crippen molar-refractivity contribution in [2.75, 3.05) is 33.9 Å². The molecule has 1 atom stereocenters. The molecule has 23 heavy (non-hydrogen) atoms. The van der Waals surface area contributed by atoms with Crippen LogP contribution in [0.4, 0.5) is 18.0 Å². The third-order valence-electron chi connectivity index (χ3n) is 3.26. The number of ether oxygens (including phenoxy) is 1. The van der Waals surface area contributed by atoms with Crippen LogP contribution in [0, 0.1) is 12.8 Å². The number of likely N-dealkylation sites (N-methyl/N-ethyl adjacent to an activating group) is 1. The molecule has 0 unspecified atom stereocenters. The maximum absolute atomic E-state index is 12.9. The fourth-order valence-corrected chi connectivity index (χ4v) is 2.00. The topological polar surface area (TPSA) is 59.4 Å². The van der Waals surface area contributed by atoms with Gasteiger partial charge in [-0.1, -0.05) is 6.92 Å². The molecule has 1 aromatic heterocycles. The lowest BCUT2D eigenvalue weighted by atomic mass is 10.2. The largest absolute Gasteiger partial charge is 0.433 e. The van der Waals surface area contributed by atoms with Crippen molar-refractivity contribution in [3.63, 3.8) is 0 Å². The standard InChI is InChI=1S/C14H23F3N4O2/c1-10(8-18-13(22)20(3)5-6-23-4)9-21-12(14(15,16)17)7-11(2)19-21/h7,10H,5-6,8-9H2,1-4H3,(H,18,22)/t10-/m0/s1. The van der Waals surface area contributed by atoms with E-state index in [1.54, 1.807) is 14.0 Å². The lowest BCUT2D eigenvalue weighted by molar-refractivity contribution is -0.144. The predicted octanol–water partition coefficient (Wildman–Crippen LogP) is 2.13. The minimum Gasteiger partial charge on any atom is -0.383 e. The highest BCUT2D eigenvalue weighted by Gasteiger charge is 2.35. The highest BCUT2D eigenvalue weighted by Crippen LogP contribution is 2.30. The van der Waals surface area contributed by atoms with Gasteiger partial charge in [-0.2, -0.15) is 18.3 Å². The number of rotatable bonds is 7. The summed E-state index contributed by atoms with van der Waals surface area (Å²) in [5.41, 5.74) is -0.460. The van der Waals surface area contributed by atoms with Gasteiger partial charge >= 0.3 is 12.2 Å².